The third-order valence-corrected chi connectivity index (χ3v) is 8.45. The third kappa shape index (κ3) is 5.70. The zero-order chi connectivity index (χ0) is 33.6. The summed E-state index contributed by atoms with van der Waals surface area (Å²) in [6.45, 7) is 11.4. The van der Waals surface area contributed by atoms with Gasteiger partial charge in [0.15, 0.2) is 11.5 Å². The Morgan fingerprint density at radius 2 is 1.94 bits per heavy atom. The minimum atomic E-state index is -0.892. The molecule has 47 heavy (non-hydrogen) atoms. The van der Waals surface area contributed by atoms with E-state index in [1.54, 1.807) is 17.2 Å². The van der Waals surface area contributed by atoms with E-state index in [0.717, 1.165) is 0 Å². The number of carbonyl (C=O) groups is 2. The standard InChI is InChI=1S/C34H34F2N6O5/c1-6-27(44)40-13-14-41(19(4)17-40)32-22-16-24(36)30-28-23(35)8-7-9-26(28)46-15-11-25(47-20(5)43)21-10-12-37-29(18(2)3)31(21)42(33(22)38-30)34(45)39-32/h6-10,12,16,18-19,25H,1,11,13-15,17H2,2-5H3/t19-,25?/m0/s1. The highest BCUT2D eigenvalue weighted by Crippen LogP contribution is 2.39. The molecular weight excluding hydrogens is 610 g/mol. The number of anilines is 1. The van der Waals surface area contributed by atoms with Gasteiger partial charge in [0, 0.05) is 50.8 Å². The highest BCUT2D eigenvalue weighted by molar-refractivity contribution is 5.91. The second-order valence-corrected chi connectivity index (χ2v) is 11.9. The molecule has 0 aliphatic carbocycles. The Bertz CT molecular complexity index is 1980. The molecule has 0 N–H and O–H groups in total. The van der Waals surface area contributed by atoms with Crippen molar-refractivity contribution in [2.45, 2.75) is 52.2 Å². The maximum absolute atomic E-state index is 16.3. The Morgan fingerprint density at radius 3 is 2.64 bits per heavy atom. The Labute approximate surface area is 269 Å². The van der Waals surface area contributed by atoms with Crippen LogP contribution in [0.3, 0.4) is 0 Å². The first-order valence-electron chi connectivity index (χ1n) is 15.4. The molecule has 6 rings (SSSR count). The molecule has 3 aromatic heterocycles. The first-order chi connectivity index (χ1) is 22.5. The quantitative estimate of drug-likeness (QED) is 0.227. The summed E-state index contributed by atoms with van der Waals surface area (Å²) in [7, 11) is 0. The van der Waals surface area contributed by atoms with Crippen LogP contribution in [0.1, 0.15) is 57.4 Å². The average molecular weight is 645 g/mol. The average Bonchev–Trinajstić information content (AvgIpc) is 3.03. The first-order valence-corrected chi connectivity index (χ1v) is 15.4. The van der Waals surface area contributed by atoms with Gasteiger partial charge in [-0.1, -0.05) is 26.5 Å². The summed E-state index contributed by atoms with van der Waals surface area (Å²) in [5.41, 5.74) is -0.0717. The molecule has 13 heteroatoms. The van der Waals surface area contributed by atoms with Crippen LogP contribution in [0.5, 0.6) is 5.75 Å². The van der Waals surface area contributed by atoms with E-state index in [1.807, 2.05) is 25.7 Å². The molecule has 244 valence electrons. The van der Waals surface area contributed by atoms with Gasteiger partial charge < -0.3 is 19.3 Å². The lowest BCUT2D eigenvalue weighted by atomic mass is 9.98. The summed E-state index contributed by atoms with van der Waals surface area (Å²) in [5, 5.41) is 0.186. The van der Waals surface area contributed by atoms with Crippen LogP contribution >= 0.6 is 0 Å². The Hall–Kier alpha value is -5.20. The van der Waals surface area contributed by atoms with E-state index in [2.05, 4.69) is 21.5 Å². The van der Waals surface area contributed by atoms with Gasteiger partial charge in [0.25, 0.3) is 0 Å². The lowest BCUT2D eigenvalue weighted by Gasteiger charge is -2.40. The number of carbonyl (C=O) groups excluding carboxylic acids is 2. The van der Waals surface area contributed by atoms with Crippen molar-refractivity contribution in [3.05, 3.63) is 82.6 Å². The van der Waals surface area contributed by atoms with Crippen molar-refractivity contribution < 1.29 is 27.8 Å². The number of amides is 1. The van der Waals surface area contributed by atoms with Gasteiger partial charge in [-0.15, -0.1) is 0 Å². The largest absolute Gasteiger partial charge is 0.493 e. The van der Waals surface area contributed by atoms with E-state index in [-0.39, 0.29) is 70.4 Å². The monoisotopic (exact) mass is 644 g/mol. The fourth-order valence-electron chi connectivity index (χ4n) is 6.32. The van der Waals surface area contributed by atoms with Crippen molar-refractivity contribution in [1.29, 1.82) is 0 Å². The highest BCUT2D eigenvalue weighted by Gasteiger charge is 2.33. The van der Waals surface area contributed by atoms with Crippen LogP contribution in [0.15, 0.2) is 54.0 Å². The summed E-state index contributed by atoms with van der Waals surface area (Å²) < 4.78 is 44.8. The minimum absolute atomic E-state index is 0.000647. The predicted molar refractivity (Wildman–Crippen MR) is 171 cm³/mol. The second kappa shape index (κ2) is 12.5. The third-order valence-electron chi connectivity index (χ3n) is 8.45. The molecule has 1 fully saturated rings. The SMILES string of the molecule is C=CC(=O)N1CCN(c2nc(=O)n3c4nc(c(F)cc24)-c2c(F)cccc2OCCC(OC(C)=O)c2ccnc(C(C)C)c2-3)[C@@H](C)C1. The van der Waals surface area contributed by atoms with E-state index in [9.17, 15) is 14.4 Å². The van der Waals surface area contributed by atoms with Gasteiger partial charge in [0.1, 0.15) is 29.2 Å². The Kier molecular flexibility index (Phi) is 8.47. The molecule has 2 bridgehead atoms. The van der Waals surface area contributed by atoms with E-state index in [1.165, 1.54) is 41.8 Å². The predicted octanol–water partition coefficient (Wildman–Crippen LogP) is 4.85. The Morgan fingerprint density at radius 1 is 1.15 bits per heavy atom. The first kappa shape index (κ1) is 31.8. The van der Waals surface area contributed by atoms with Crippen LogP contribution < -0.4 is 15.3 Å². The fourth-order valence-corrected chi connectivity index (χ4v) is 6.32. The number of esters is 1. The molecule has 0 spiro atoms. The minimum Gasteiger partial charge on any atom is -0.493 e. The summed E-state index contributed by atoms with van der Waals surface area (Å²) in [5.74, 6) is -2.41. The van der Waals surface area contributed by atoms with Crippen molar-refractivity contribution in [3.63, 3.8) is 0 Å². The molecule has 1 aromatic carbocycles. The maximum Gasteiger partial charge on any atom is 0.355 e. The van der Waals surface area contributed by atoms with Gasteiger partial charge >= 0.3 is 11.7 Å². The van der Waals surface area contributed by atoms with Crippen molar-refractivity contribution in [2.75, 3.05) is 31.1 Å². The number of nitrogens with zero attached hydrogens (tertiary/aromatic N) is 6. The molecular formula is C34H34F2N6O5. The molecule has 1 saturated heterocycles. The van der Waals surface area contributed by atoms with Crippen LogP contribution in [0.25, 0.3) is 28.0 Å². The summed E-state index contributed by atoms with van der Waals surface area (Å²) in [4.78, 5) is 56.2. The topological polar surface area (TPSA) is 120 Å². The Balaban J connectivity index is 1.71. The van der Waals surface area contributed by atoms with Crippen molar-refractivity contribution in [1.82, 2.24) is 24.4 Å². The highest BCUT2D eigenvalue weighted by atomic mass is 19.1. The number of hydrogen-bond acceptors (Lipinski definition) is 9. The lowest BCUT2D eigenvalue weighted by Crippen LogP contribution is -2.54. The van der Waals surface area contributed by atoms with Crippen LogP contribution in [-0.4, -0.2) is 68.6 Å². The molecule has 2 aliphatic heterocycles. The van der Waals surface area contributed by atoms with Gasteiger partial charge in [0.2, 0.25) is 5.91 Å². The number of rotatable bonds is 4. The maximum atomic E-state index is 16.3. The van der Waals surface area contributed by atoms with Gasteiger partial charge in [0.05, 0.1) is 28.9 Å². The van der Waals surface area contributed by atoms with Crippen LogP contribution in [0.2, 0.25) is 0 Å². The number of hydrogen-bond donors (Lipinski definition) is 0. The molecule has 2 atom stereocenters. The fraction of sp³-hybridized carbons (Fsp3) is 0.353. The lowest BCUT2D eigenvalue weighted by molar-refractivity contribution is -0.147. The smallest absolute Gasteiger partial charge is 0.355 e. The van der Waals surface area contributed by atoms with Crippen molar-refractivity contribution in [3.8, 4) is 22.7 Å². The van der Waals surface area contributed by atoms with Gasteiger partial charge in [-0.3, -0.25) is 14.6 Å². The van der Waals surface area contributed by atoms with Crippen molar-refractivity contribution >= 4 is 28.7 Å². The molecule has 1 unspecified atom stereocenters. The number of aromatic nitrogens is 4. The molecule has 2 aliphatic rings. The van der Waals surface area contributed by atoms with Crippen LogP contribution in [0.4, 0.5) is 14.6 Å². The molecule has 0 saturated carbocycles. The van der Waals surface area contributed by atoms with Crippen molar-refractivity contribution in [2.24, 2.45) is 0 Å². The van der Waals surface area contributed by atoms with E-state index in [0.29, 0.717) is 30.9 Å². The summed E-state index contributed by atoms with van der Waals surface area (Å²) in [6, 6.07) is 6.65. The van der Waals surface area contributed by atoms with E-state index < -0.39 is 29.4 Å². The molecule has 5 heterocycles. The van der Waals surface area contributed by atoms with E-state index >= 15 is 8.78 Å². The molecule has 1 amide bonds. The number of pyridine rings is 2. The normalized spacial score (nSPS) is 17.8. The summed E-state index contributed by atoms with van der Waals surface area (Å²) >= 11 is 0. The van der Waals surface area contributed by atoms with Gasteiger partial charge in [-0.05, 0) is 43.2 Å². The molecule has 0 radical (unpaired) electrons. The van der Waals surface area contributed by atoms with Gasteiger partial charge in [-0.25, -0.2) is 23.1 Å². The number of benzene rings is 1. The summed E-state index contributed by atoms with van der Waals surface area (Å²) in [6.07, 6.45) is 2.05. The number of piperazine rings is 1. The second-order valence-electron chi connectivity index (χ2n) is 11.9. The number of halogens is 2. The number of ether oxygens (including phenoxy) is 2. The van der Waals surface area contributed by atoms with Crippen LogP contribution in [-0.2, 0) is 14.3 Å². The number of fused-ring (bicyclic) bond motifs is 5. The van der Waals surface area contributed by atoms with E-state index in [4.69, 9.17) is 9.47 Å². The van der Waals surface area contributed by atoms with Gasteiger partial charge in [-0.2, -0.15) is 4.98 Å². The van der Waals surface area contributed by atoms with Crippen LogP contribution in [0, 0.1) is 11.6 Å². The zero-order valence-corrected chi connectivity index (χ0v) is 26.5. The molecule has 11 nitrogen and oxygen atoms in total. The zero-order valence-electron chi connectivity index (χ0n) is 26.5. The molecule has 4 aromatic rings.